The van der Waals surface area contributed by atoms with Crippen LogP contribution in [0.5, 0.6) is 5.75 Å². The van der Waals surface area contributed by atoms with Crippen molar-refractivity contribution in [2.24, 2.45) is 0 Å². The molecule has 182 valence electrons. The molecule has 13 heteroatoms. The van der Waals surface area contributed by atoms with Gasteiger partial charge in [0, 0.05) is 0 Å². The van der Waals surface area contributed by atoms with Gasteiger partial charge in [-0.15, -0.1) is 0 Å². The Bertz CT molecular complexity index is 1420. The molecule has 0 unspecified atom stereocenters. The number of nitrogens with two attached hydrogens (primary N) is 1. The van der Waals surface area contributed by atoms with Gasteiger partial charge in [-0.3, -0.25) is 4.57 Å². The van der Waals surface area contributed by atoms with Gasteiger partial charge in [0.25, 0.3) is 0 Å². The van der Waals surface area contributed by atoms with Gasteiger partial charge in [0.2, 0.25) is 0 Å². The van der Waals surface area contributed by atoms with Crippen LogP contribution in [0.25, 0.3) is 11.2 Å². The van der Waals surface area contributed by atoms with Crippen LogP contribution in [0.2, 0.25) is 0 Å². The number of carbonyl (C=O) groups excluding carboxylic acids is 1. The van der Waals surface area contributed by atoms with Gasteiger partial charge in [-0.05, 0) is 45.3 Å². The Morgan fingerprint density at radius 2 is 1.86 bits per heavy atom. The number of methoxy groups -OCH3 is 1. The third-order valence-corrected chi connectivity index (χ3v) is 5.59. The fourth-order valence-electron chi connectivity index (χ4n) is 3.41. The molecule has 2 aromatic carbocycles. The molecule has 4 aromatic rings. The molecule has 0 aliphatic heterocycles. The number of imidazole rings is 1. The Labute approximate surface area is 203 Å². The van der Waals surface area contributed by atoms with Crippen LogP contribution >= 0.6 is 15.9 Å². The third-order valence-electron chi connectivity index (χ3n) is 4.99. The van der Waals surface area contributed by atoms with Crippen LogP contribution in [-0.4, -0.2) is 32.6 Å². The lowest BCUT2D eigenvalue weighted by Crippen LogP contribution is -2.14. The highest BCUT2D eigenvalue weighted by atomic mass is 79.9. The van der Waals surface area contributed by atoms with Crippen molar-refractivity contribution < 1.29 is 31.8 Å². The van der Waals surface area contributed by atoms with Crippen molar-refractivity contribution in [3.8, 4) is 5.75 Å². The fourth-order valence-corrected chi connectivity index (χ4v) is 3.88. The molecule has 35 heavy (non-hydrogen) atoms. The molecule has 0 bridgehead atoms. The topological polar surface area (TPSA) is 105 Å². The van der Waals surface area contributed by atoms with Crippen LogP contribution in [0.15, 0.2) is 47.2 Å². The minimum Gasteiger partial charge on any atom is -0.489 e. The van der Waals surface area contributed by atoms with E-state index in [4.69, 9.17) is 10.5 Å². The Balaban J connectivity index is 1.55. The van der Waals surface area contributed by atoms with Gasteiger partial charge in [0.05, 0.1) is 24.8 Å². The molecule has 0 spiro atoms. The van der Waals surface area contributed by atoms with E-state index in [1.54, 1.807) is 22.8 Å². The number of benzene rings is 2. The molecule has 8 nitrogen and oxygen atoms in total. The maximum atomic E-state index is 13.7. The van der Waals surface area contributed by atoms with Crippen LogP contribution in [0.1, 0.15) is 27.0 Å². The van der Waals surface area contributed by atoms with Crippen molar-refractivity contribution in [3.05, 3.63) is 75.5 Å². The average molecular weight is 554 g/mol. The number of nitrogen functional groups attached to an aromatic ring is 1. The summed E-state index contributed by atoms with van der Waals surface area (Å²) in [6.07, 6.45) is -5.70. The summed E-state index contributed by atoms with van der Waals surface area (Å²) in [7, 11) is 0.998. The van der Waals surface area contributed by atoms with Crippen molar-refractivity contribution in [3.63, 3.8) is 0 Å². The summed E-state index contributed by atoms with van der Waals surface area (Å²) < 4.78 is 65.4. The lowest BCUT2D eigenvalue weighted by Gasteiger charge is -2.14. The molecule has 0 saturated heterocycles. The van der Waals surface area contributed by atoms with Crippen molar-refractivity contribution >= 4 is 38.9 Å². The molecule has 0 fully saturated rings. The molecule has 0 atom stereocenters. The number of halogens is 5. The molecule has 0 amide bonds. The van der Waals surface area contributed by atoms with E-state index in [1.807, 2.05) is 6.07 Å². The van der Waals surface area contributed by atoms with E-state index in [1.165, 1.54) is 0 Å². The largest absolute Gasteiger partial charge is 0.489 e. The first-order valence-corrected chi connectivity index (χ1v) is 10.7. The molecule has 0 aliphatic rings. The molecule has 2 N–H and O–H groups in total. The number of aromatic nitrogens is 4. The molecule has 2 heterocycles. The van der Waals surface area contributed by atoms with Crippen molar-refractivity contribution in [2.75, 3.05) is 12.8 Å². The number of rotatable bonds is 6. The zero-order chi connectivity index (χ0) is 25.3. The second kappa shape index (κ2) is 9.49. The second-order valence-electron chi connectivity index (χ2n) is 7.32. The molecular weight excluding hydrogens is 538 g/mol. The predicted molar refractivity (Wildman–Crippen MR) is 120 cm³/mol. The molecular formula is C22H16BrF4N5O3. The van der Waals surface area contributed by atoms with Crippen LogP contribution in [0.4, 0.5) is 23.4 Å². The van der Waals surface area contributed by atoms with Crippen molar-refractivity contribution in [2.45, 2.75) is 19.3 Å². The van der Waals surface area contributed by atoms with E-state index in [0.29, 0.717) is 10.3 Å². The molecule has 0 radical (unpaired) electrons. The number of hydrogen-bond acceptors (Lipinski definition) is 7. The zero-order valence-electron chi connectivity index (χ0n) is 17.9. The minimum absolute atomic E-state index is 0.00933. The Kier molecular flexibility index (Phi) is 6.61. The van der Waals surface area contributed by atoms with Crippen LogP contribution in [-0.2, 0) is 24.1 Å². The summed E-state index contributed by atoms with van der Waals surface area (Å²) in [4.78, 5) is 23.3. The molecule has 0 aliphatic carbocycles. The van der Waals surface area contributed by atoms with Gasteiger partial charge in [-0.25, -0.2) is 9.78 Å². The van der Waals surface area contributed by atoms with Gasteiger partial charge < -0.3 is 15.2 Å². The summed E-state index contributed by atoms with van der Waals surface area (Å²) in [6.45, 7) is 0.267. The van der Waals surface area contributed by atoms with Crippen LogP contribution in [0, 0.1) is 6.08 Å². The molecule has 2 aromatic heterocycles. The van der Waals surface area contributed by atoms with Gasteiger partial charge in [0.1, 0.15) is 12.4 Å². The number of fused-ring (bicyclic) bond motifs is 1. The van der Waals surface area contributed by atoms with E-state index >= 15 is 0 Å². The van der Waals surface area contributed by atoms with E-state index in [-0.39, 0.29) is 35.9 Å². The number of anilines is 1. The van der Waals surface area contributed by atoms with Gasteiger partial charge in [-0.2, -0.15) is 27.5 Å². The van der Waals surface area contributed by atoms with Crippen molar-refractivity contribution in [1.82, 2.24) is 19.5 Å². The van der Waals surface area contributed by atoms with Gasteiger partial charge in [-0.1, -0.05) is 24.3 Å². The number of alkyl halides is 3. The zero-order valence-corrected chi connectivity index (χ0v) is 19.5. The van der Waals surface area contributed by atoms with E-state index < -0.39 is 29.4 Å². The van der Waals surface area contributed by atoms with Crippen LogP contribution in [0.3, 0.4) is 0 Å². The monoisotopic (exact) mass is 553 g/mol. The average Bonchev–Trinajstić information content (AvgIpc) is 3.12. The summed E-state index contributed by atoms with van der Waals surface area (Å²) in [5.74, 6) is -1.14. The smallest absolute Gasteiger partial charge is 0.417 e. The number of esters is 1. The first-order chi connectivity index (χ1) is 16.6. The minimum atomic E-state index is -4.72. The molecule has 0 saturated carbocycles. The van der Waals surface area contributed by atoms with Gasteiger partial charge in [0.15, 0.2) is 21.7 Å². The maximum absolute atomic E-state index is 13.7. The Morgan fingerprint density at radius 3 is 2.57 bits per heavy atom. The van der Waals surface area contributed by atoms with Gasteiger partial charge >= 0.3 is 18.2 Å². The maximum Gasteiger partial charge on any atom is 0.417 e. The highest BCUT2D eigenvalue weighted by Crippen LogP contribution is 2.34. The summed E-state index contributed by atoms with van der Waals surface area (Å²) in [5, 5.41) is 0. The highest BCUT2D eigenvalue weighted by Gasteiger charge is 2.35. The number of nitrogens with zero attached hydrogens (tertiary/aromatic N) is 4. The first kappa shape index (κ1) is 24.4. The van der Waals surface area contributed by atoms with E-state index in [9.17, 15) is 22.4 Å². The standard InChI is InChI=1S/C22H16BrF4N5O3/c1-34-19(33)14-8-13(5-6-15(14)22(25,26)27)35-10-12-4-2-3-11(7-12)9-32-18-16(29-20(32)23)17(28)30-21(24)31-18/h2-8H,9-10H2,1H3,(H2,28,30,31). The quantitative estimate of drug-likeness (QED) is 0.159. The third kappa shape index (κ3) is 5.19. The highest BCUT2D eigenvalue weighted by molar-refractivity contribution is 9.10. The summed E-state index contributed by atoms with van der Waals surface area (Å²) in [5.41, 5.74) is 5.92. The molecule has 4 rings (SSSR count). The number of carbonyl (C=O) groups is 1. The Morgan fingerprint density at radius 1 is 1.11 bits per heavy atom. The number of hydrogen-bond donors (Lipinski definition) is 1. The second-order valence-corrected chi connectivity index (χ2v) is 8.03. The first-order valence-electron chi connectivity index (χ1n) is 9.91. The Hall–Kier alpha value is -3.74. The predicted octanol–water partition coefficient (Wildman–Crippen LogP) is 4.74. The van der Waals surface area contributed by atoms with E-state index in [0.717, 1.165) is 30.9 Å². The summed E-state index contributed by atoms with van der Waals surface area (Å²) >= 11 is 3.31. The lowest BCUT2D eigenvalue weighted by atomic mass is 10.1. The number of ether oxygens (including phenoxy) is 2. The normalized spacial score (nSPS) is 11.6. The van der Waals surface area contributed by atoms with Crippen molar-refractivity contribution in [1.29, 1.82) is 0 Å². The fraction of sp³-hybridized carbons (Fsp3) is 0.182. The van der Waals surface area contributed by atoms with Crippen LogP contribution < -0.4 is 10.5 Å². The summed E-state index contributed by atoms with van der Waals surface area (Å²) in [6, 6.07) is 10.0. The lowest BCUT2D eigenvalue weighted by molar-refractivity contribution is -0.138. The van der Waals surface area contributed by atoms with E-state index in [2.05, 4.69) is 35.6 Å². The SMILES string of the molecule is COC(=O)c1cc(OCc2cccc(Cn3c(Br)nc4c(N)nc(F)nc43)c2)ccc1C(F)(F)F.